The number of rotatable bonds is 7. The van der Waals surface area contributed by atoms with Crippen LogP contribution in [0.15, 0.2) is 72.8 Å². The Labute approximate surface area is 174 Å². The molecule has 29 heavy (non-hydrogen) atoms. The highest BCUT2D eigenvalue weighted by Gasteiger charge is 2.05. The molecule has 0 spiro atoms. The third-order valence-electron chi connectivity index (χ3n) is 4.87. The quantitative estimate of drug-likeness (QED) is 0.504. The summed E-state index contributed by atoms with van der Waals surface area (Å²) in [5.41, 5.74) is 7.15. The van der Waals surface area contributed by atoms with Crippen LogP contribution in [0, 0.1) is 6.92 Å². The molecule has 0 radical (unpaired) electrons. The van der Waals surface area contributed by atoms with Crippen LogP contribution in [0.25, 0.3) is 17.2 Å². The number of hydrogen-bond acceptors (Lipinski definition) is 3. The minimum absolute atomic E-state index is 0.539. The van der Waals surface area contributed by atoms with Gasteiger partial charge < -0.3 is 14.5 Å². The number of aryl methyl sites for hydroxylation is 1. The standard InChI is InChI=1S/C26H30N2O/c1-20-8-17-26(25(19-20)28(4)5)29-18-6-7-21-9-11-22(12-10-21)23-13-15-24(16-14-23)27(2)3/h6-17,19H,18H2,1-5H3/b7-6+. The maximum atomic E-state index is 5.97. The van der Waals surface area contributed by atoms with Gasteiger partial charge in [-0.2, -0.15) is 0 Å². The fraction of sp³-hybridized carbons (Fsp3) is 0.231. The third-order valence-corrected chi connectivity index (χ3v) is 4.87. The Morgan fingerprint density at radius 3 is 1.97 bits per heavy atom. The lowest BCUT2D eigenvalue weighted by Crippen LogP contribution is -2.11. The van der Waals surface area contributed by atoms with E-state index < -0.39 is 0 Å². The molecule has 0 aromatic heterocycles. The van der Waals surface area contributed by atoms with Crippen LogP contribution in [0.2, 0.25) is 0 Å². The molecule has 0 atom stereocenters. The van der Waals surface area contributed by atoms with E-state index in [-0.39, 0.29) is 0 Å². The van der Waals surface area contributed by atoms with Gasteiger partial charge in [-0.05, 0) is 59.5 Å². The second kappa shape index (κ2) is 9.33. The lowest BCUT2D eigenvalue weighted by atomic mass is 10.0. The molecule has 0 aliphatic rings. The number of anilines is 2. The van der Waals surface area contributed by atoms with Crippen LogP contribution < -0.4 is 14.5 Å². The van der Waals surface area contributed by atoms with E-state index in [9.17, 15) is 0 Å². The number of nitrogens with zero attached hydrogens (tertiary/aromatic N) is 2. The van der Waals surface area contributed by atoms with Gasteiger partial charge in [0, 0.05) is 33.9 Å². The average Bonchev–Trinajstić information content (AvgIpc) is 2.72. The molecular formula is C26H30N2O. The highest BCUT2D eigenvalue weighted by molar-refractivity contribution is 5.68. The van der Waals surface area contributed by atoms with Gasteiger partial charge in [0.15, 0.2) is 0 Å². The van der Waals surface area contributed by atoms with Crippen molar-refractivity contribution in [2.75, 3.05) is 44.6 Å². The SMILES string of the molecule is Cc1ccc(OC/C=C/c2ccc(-c3ccc(N(C)C)cc3)cc2)c(N(C)C)c1. The zero-order valence-corrected chi connectivity index (χ0v) is 18.0. The van der Waals surface area contributed by atoms with Crippen molar-refractivity contribution < 1.29 is 4.74 Å². The van der Waals surface area contributed by atoms with Crippen LogP contribution in [0.1, 0.15) is 11.1 Å². The first-order valence-corrected chi connectivity index (χ1v) is 9.89. The van der Waals surface area contributed by atoms with Gasteiger partial charge in [0.25, 0.3) is 0 Å². The monoisotopic (exact) mass is 386 g/mol. The van der Waals surface area contributed by atoms with Gasteiger partial charge in [0.05, 0.1) is 5.69 Å². The Balaban J connectivity index is 1.61. The van der Waals surface area contributed by atoms with Crippen molar-refractivity contribution in [1.29, 1.82) is 0 Å². The van der Waals surface area contributed by atoms with Gasteiger partial charge in [-0.25, -0.2) is 0 Å². The Morgan fingerprint density at radius 1 is 0.759 bits per heavy atom. The number of ether oxygens (including phenoxy) is 1. The first-order chi connectivity index (χ1) is 13.9. The highest BCUT2D eigenvalue weighted by Crippen LogP contribution is 2.28. The minimum Gasteiger partial charge on any atom is -0.487 e. The van der Waals surface area contributed by atoms with Crippen molar-refractivity contribution in [3.05, 3.63) is 83.9 Å². The van der Waals surface area contributed by atoms with E-state index in [1.807, 2.05) is 20.2 Å². The topological polar surface area (TPSA) is 15.7 Å². The van der Waals surface area contributed by atoms with Gasteiger partial charge >= 0.3 is 0 Å². The summed E-state index contributed by atoms with van der Waals surface area (Å²) in [4.78, 5) is 4.19. The molecule has 0 fully saturated rings. The van der Waals surface area contributed by atoms with Crippen molar-refractivity contribution in [3.63, 3.8) is 0 Å². The summed E-state index contributed by atoms with van der Waals surface area (Å²) in [6.07, 6.45) is 4.16. The largest absolute Gasteiger partial charge is 0.487 e. The van der Waals surface area contributed by atoms with Crippen molar-refractivity contribution >= 4 is 17.5 Å². The molecule has 3 rings (SSSR count). The minimum atomic E-state index is 0.539. The van der Waals surface area contributed by atoms with E-state index >= 15 is 0 Å². The maximum absolute atomic E-state index is 5.97. The number of hydrogen-bond donors (Lipinski definition) is 0. The Kier molecular flexibility index (Phi) is 6.61. The van der Waals surface area contributed by atoms with Crippen LogP contribution in [-0.2, 0) is 0 Å². The van der Waals surface area contributed by atoms with E-state index in [4.69, 9.17) is 4.74 Å². The van der Waals surface area contributed by atoms with E-state index in [0.717, 1.165) is 11.4 Å². The molecule has 0 N–H and O–H groups in total. The van der Waals surface area contributed by atoms with Gasteiger partial charge in [-0.1, -0.05) is 48.5 Å². The van der Waals surface area contributed by atoms with Crippen molar-refractivity contribution in [3.8, 4) is 16.9 Å². The predicted molar refractivity (Wildman–Crippen MR) is 126 cm³/mol. The normalized spacial score (nSPS) is 10.9. The van der Waals surface area contributed by atoms with Gasteiger partial charge in [0.1, 0.15) is 12.4 Å². The second-order valence-corrected chi connectivity index (χ2v) is 7.64. The van der Waals surface area contributed by atoms with Crippen molar-refractivity contribution in [1.82, 2.24) is 0 Å². The molecule has 0 amide bonds. The lowest BCUT2D eigenvalue weighted by molar-refractivity contribution is 0.364. The molecule has 3 nitrogen and oxygen atoms in total. The molecule has 0 aliphatic carbocycles. The van der Waals surface area contributed by atoms with Crippen LogP contribution in [0.4, 0.5) is 11.4 Å². The van der Waals surface area contributed by atoms with Gasteiger partial charge in [-0.15, -0.1) is 0 Å². The average molecular weight is 387 g/mol. The molecule has 0 heterocycles. The zero-order valence-electron chi connectivity index (χ0n) is 18.0. The molecule has 150 valence electrons. The van der Waals surface area contributed by atoms with Gasteiger partial charge in [0.2, 0.25) is 0 Å². The Bertz CT molecular complexity index is 955. The summed E-state index contributed by atoms with van der Waals surface area (Å²) in [6, 6.07) is 23.5. The fourth-order valence-electron chi connectivity index (χ4n) is 3.16. The van der Waals surface area contributed by atoms with Crippen LogP contribution in [0.5, 0.6) is 5.75 Å². The molecule has 3 aromatic rings. The first kappa shape index (κ1) is 20.5. The smallest absolute Gasteiger partial charge is 0.143 e. The highest BCUT2D eigenvalue weighted by atomic mass is 16.5. The molecule has 0 bridgehead atoms. The summed E-state index contributed by atoms with van der Waals surface area (Å²) in [5, 5.41) is 0. The molecule has 3 aromatic carbocycles. The molecule has 0 saturated heterocycles. The van der Waals surface area contributed by atoms with E-state index in [0.29, 0.717) is 6.61 Å². The van der Waals surface area contributed by atoms with Crippen LogP contribution >= 0.6 is 0 Å². The second-order valence-electron chi connectivity index (χ2n) is 7.64. The predicted octanol–water partition coefficient (Wildman–Crippen LogP) is 5.89. The van der Waals surface area contributed by atoms with Crippen molar-refractivity contribution in [2.24, 2.45) is 0 Å². The third kappa shape index (κ3) is 5.41. The zero-order chi connectivity index (χ0) is 20.8. The van der Waals surface area contributed by atoms with E-state index in [1.54, 1.807) is 0 Å². The van der Waals surface area contributed by atoms with Crippen LogP contribution in [-0.4, -0.2) is 34.8 Å². The van der Waals surface area contributed by atoms with Crippen LogP contribution in [0.3, 0.4) is 0 Å². The maximum Gasteiger partial charge on any atom is 0.143 e. The van der Waals surface area contributed by atoms with E-state index in [2.05, 4.69) is 104 Å². The molecular weight excluding hydrogens is 356 g/mol. The Morgan fingerprint density at radius 2 is 1.38 bits per heavy atom. The first-order valence-electron chi connectivity index (χ1n) is 9.89. The Hall–Kier alpha value is -3.20. The summed E-state index contributed by atoms with van der Waals surface area (Å²) in [6.45, 7) is 2.63. The van der Waals surface area contributed by atoms with Crippen molar-refractivity contribution in [2.45, 2.75) is 6.92 Å². The molecule has 0 saturated carbocycles. The summed E-state index contributed by atoms with van der Waals surface area (Å²) in [7, 11) is 8.18. The van der Waals surface area contributed by atoms with E-state index in [1.165, 1.54) is 27.9 Å². The lowest BCUT2D eigenvalue weighted by Gasteiger charge is -2.18. The summed E-state index contributed by atoms with van der Waals surface area (Å²) in [5.74, 6) is 0.904. The molecule has 0 aliphatic heterocycles. The summed E-state index contributed by atoms with van der Waals surface area (Å²) >= 11 is 0. The van der Waals surface area contributed by atoms with Gasteiger partial charge in [-0.3, -0.25) is 0 Å². The molecule has 3 heteroatoms. The molecule has 0 unspecified atom stereocenters. The number of benzene rings is 3. The fourth-order valence-corrected chi connectivity index (χ4v) is 3.16. The summed E-state index contributed by atoms with van der Waals surface area (Å²) < 4.78 is 5.97.